The highest BCUT2D eigenvalue weighted by Gasteiger charge is 2.23. The van der Waals surface area contributed by atoms with Gasteiger partial charge in [-0.3, -0.25) is 4.79 Å². The second kappa shape index (κ2) is 6.78. The molecule has 1 heterocycles. The fourth-order valence-electron chi connectivity index (χ4n) is 2.43. The van der Waals surface area contributed by atoms with E-state index in [1.807, 2.05) is 4.90 Å². The van der Waals surface area contributed by atoms with Crippen LogP contribution in [-0.2, 0) is 9.53 Å². The van der Waals surface area contributed by atoms with Crippen LogP contribution in [0.5, 0.6) is 0 Å². The number of carboxylic acid groups (broad SMARTS) is 1. The van der Waals surface area contributed by atoms with Gasteiger partial charge in [-0.05, 0) is 31.0 Å². The molecule has 21 heavy (non-hydrogen) atoms. The zero-order valence-electron chi connectivity index (χ0n) is 11.4. The molecule has 1 aromatic rings. The molecule has 3 N–H and O–H groups in total. The first-order valence-corrected chi connectivity index (χ1v) is 7.03. The first-order valence-electron chi connectivity index (χ1n) is 6.65. The number of rotatable bonds is 5. The maximum Gasteiger partial charge on any atom is 0.329 e. The van der Waals surface area contributed by atoms with Crippen LogP contribution in [-0.4, -0.2) is 42.8 Å². The third-order valence-electron chi connectivity index (χ3n) is 3.45. The molecule has 1 saturated heterocycles. The number of ether oxygens (including phenoxy) is 1. The Hall–Kier alpha value is -1.79. The van der Waals surface area contributed by atoms with Crippen LogP contribution in [0.25, 0.3) is 0 Å². The van der Waals surface area contributed by atoms with Crippen molar-refractivity contribution in [1.29, 1.82) is 0 Å². The number of hydrogen-bond donors (Lipinski definition) is 2. The summed E-state index contributed by atoms with van der Waals surface area (Å²) in [5.74, 6) is -1.46. The van der Waals surface area contributed by atoms with Crippen LogP contribution in [0, 0.1) is 0 Å². The van der Waals surface area contributed by atoms with Gasteiger partial charge in [0.25, 0.3) is 5.91 Å². The van der Waals surface area contributed by atoms with E-state index in [1.165, 1.54) is 0 Å². The fourth-order valence-corrected chi connectivity index (χ4v) is 2.59. The number of amides is 1. The number of aliphatic carboxylic acids is 1. The molecule has 0 atom stereocenters. The van der Waals surface area contributed by atoms with Crippen LogP contribution >= 0.6 is 11.6 Å². The van der Waals surface area contributed by atoms with Crippen molar-refractivity contribution in [1.82, 2.24) is 0 Å². The van der Waals surface area contributed by atoms with E-state index in [9.17, 15) is 9.59 Å². The number of carbonyl (C=O) groups is 2. The number of carboxylic acids is 1. The Labute approximate surface area is 127 Å². The number of piperidine rings is 1. The van der Waals surface area contributed by atoms with E-state index in [2.05, 4.69) is 0 Å². The smallest absolute Gasteiger partial charge is 0.329 e. The second-order valence-corrected chi connectivity index (χ2v) is 5.35. The summed E-state index contributed by atoms with van der Waals surface area (Å²) in [5.41, 5.74) is 6.53. The van der Waals surface area contributed by atoms with Crippen molar-refractivity contribution in [3.63, 3.8) is 0 Å². The molecule has 1 aliphatic rings. The highest BCUT2D eigenvalue weighted by molar-refractivity contribution is 6.31. The molecule has 0 radical (unpaired) electrons. The van der Waals surface area contributed by atoms with Crippen molar-refractivity contribution >= 4 is 29.2 Å². The molecule has 0 unspecified atom stereocenters. The number of anilines is 1. The minimum atomic E-state index is -0.969. The maximum atomic E-state index is 11.5. The van der Waals surface area contributed by atoms with Gasteiger partial charge < -0.3 is 20.5 Å². The first kappa shape index (κ1) is 15.6. The van der Waals surface area contributed by atoms with E-state index in [4.69, 9.17) is 27.2 Å². The minimum Gasteiger partial charge on any atom is -0.480 e. The van der Waals surface area contributed by atoms with Crippen LogP contribution in [0.1, 0.15) is 23.2 Å². The number of hydrogen-bond acceptors (Lipinski definition) is 4. The standard InChI is InChI=1S/C14H17ClN2O4/c15-9-1-2-11(14(16)20)12(7-9)17-5-3-10(4-6-17)21-8-13(18)19/h1-2,7,10H,3-6,8H2,(H2,16,20)(H,18,19). The number of halogens is 1. The van der Waals surface area contributed by atoms with Gasteiger partial charge in [0.05, 0.1) is 17.4 Å². The summed E-state index contributed by atoms with van der Waals surface area (Å²) in [7, 11) is 0. The number of benzene rings is 1. The monoisotopic (exact) mass is 312 g/mol. The summed E-state index contributed by atoms with van der Waals surface area (Å²) in [6, 6.07) is 4.97. The topological polar surface area (TPSA) is 92.9 Å². The van der Waals surface area contributed by atoms with Gasteiger partial charge in [-0.15, -0.1) is 0 Å². The minimum absolute atomic E-state index is 0.0754. The van der Waals surface area contributed by atoms with Crippen molar-refractivity contribution in [2.24, 2.45) is 5.73 Å². The van der Waals surface area contributed by atoms with Crippen molar-refractivity contribution in [3.8, 4) is 0 Å². The molecule has 7 heteroatoms. The van der Waals surface area contributed by atoms with E-state index in [-0.39, 0.29) is 12.7 Å². The number of nitrogens with zero attached hydrogens (tertiary/aromatic N) is 1. The predicted octanol–water partition coefficient (Wildman–Crippen LogP) is 1.51. The molecule has 0 saturated carbocycles. The number of nitrogens with two attached hydrogens (primary N) is 1. The lowest BCUT2D eigenvalue weighted by atomic mass is 10.0. The van der Waals surface area contributed by atoms with Gasteiger partial charge >= 0.3 is 5.97 Å². The third-order valence-corrected chi connectivity index (χ3v) is 3.69. The summed E-state index contributed by atoms with van der Waals surface area (Å²) in [6.45, 7) is 1.03. The summed E-state index contributed by atoms with van der Waals surface area (Å²) < 4.78 is 5.29. The van der Waals surface area contributed by atoms with Gasteiger partial charge in [0, 0.05) is 18.1 Å². The molecule has 0 bridgehead atoms. The molecule has 2 rings (SSSR count). The van der Waals surface area contributed by atoms with E-state index in [0.29, 0.717) is 42.2 Å². The molecule has 0 aliphatic carbocycles. The van der Waals surface area contributed by atoms with Crippen LogP contribution in [0.2, 0.25) is 5.02 Å². The molecule has 1 amide bonds. The highest BCUT2D eigenvalue weighted by Crippen LogP contribution is 2.28. The predicted molar refractivity (Wildman–Crippen MR) is 78.8 cm³/mol. The Balaban J connectivity index is 2.03. The molecule has 0 spiro atoms. The third kappa shape index (κ3) is 4.09. The molecule has 1 aliphatic heterocycles. The normalized spacial score (nSPS) is 16.0. The molecular formula is C14H17ClN2O4. The zero-order chi connectivity index (χ0) is 15.4. The van der Waals surface area contributed by atoms with Gasteiger partial charge in [-0.2, -0.15) is 0 Å². The quantitative estimate of drug-likeness (QED) is 0.859. The van der Waals surface area contributed by atoms with Crippen molar-refractivity contribution < 1.29 is 19.4 Å². The van der Waals surface area contributed by atoms with Gasteiger partial charge in [0.15, 0.2) is 0 Å². The summed E-state index contributed by atoms with van der Waals surface area (Å²) >= 11 is 5.99. The summed E-state index contributed by atoms with van der Waals surface area (Å²) in [5, 5.41) is 9.14. The summed E-state index contributed by atoms with van der Waals surface area (Å²) in [4.78, 5) is 24.0. The Morgan fingerprint density at radius 3 is 2.62 bits per heavy atom. The van der Waals surface area contributed by atoms with Gasteiger partial charge in [0.1, 0.15) is 6.61 Å². The van der Waals surface area contributed by atoms with Crippen LogP contribution < -0.4 is 10.6 Å². The average Bonchev–Trinajstić information content (AvgIpc) is 2.45. The zero-order valence-corrected chi connectivity index (χ0v) is 12.2. The highest BCUT2D eigenvalue weighted by atomic mass is 35.5. The number of carbonyl (C=O) groups excluding carboxylic acids is 1. The van der Waals surface area contributed by atoms with E-state index in [1.54, 1.807) is 18.2 Å². The van der Waals surface area contributed by atoms with Gasteiger partial charge in [-0.1, -0.05) is 11.6 Å². The SMILES string of the molecule is NC(=O)c1ccc(Cl)cc1N1CCC(OCC(=O)O)CC1. The Kier molecular flexibility index (Phi) is 5.03. The molecule has 0 aromatic heterocycles. The first-order chi connectivity index (χ1) is 9.97. The Morgan fingerprint density at radius 1 is 1.38 bits per heavy atom. The largest absolute Gasteiger partial charge is 0.480 e. The van der Waals surface area contributed by atoms with E-state index < -0.39 is 11.9 Å². The van der Waals surface area contributed by atoms with E-state index in [0.717, 1.165) is 0 Å². The number of primary amides is 1. The Morgan fingerprint density at radius 2 is 2.05 bits per heavy atom. The van der Waals surface area contributed by atoms with Crippen LogP contribution in [0.3, 0.4) is 0 Å². The lowest BCUT2D eigenvalue weighted by Gasteiger charge is -2.34. The lowest BCUT2D eigenvalue weighted by Crippen LogP contribution is -2.38. The average molecular weight is 313 g/mol. The fraction of sp³-hybridized carbons (Fsp3) is 0.429. The van der Waals surface area contributed by atoms with Crippen LogP contribution in [0.4, 0.5) is 5.69 Å². The molecule has 1 fully saturated rings. The van der Waals surface area contributed by atoms with Gasteiger partial charge in [-0.25, -0.2) is 4.79 Å². The van der Waals surface area contributed by atoms with E-state index >= 15 is 0 Å². The van der Waals surface area contributed by atoms with Crippen molar-refractivity contribution in [3.05, 3.63) is 28.8 Å². The molecule has 1 aromatic carbocycles. The lowest BCUT2D eigenvalue weighted by molar-refractivity contribution is -0.144. The summed E-state index contributed by atoms with van der Waals surface area (Å²) in [6.07, 6.45) is 1.31. The molecular weight excluding hydrogens is 296 g/mol. The second-order valence-electron chi connectivity index (χ2n) is 4.92. The van der Waals surface area contributed by atoms with Crippen molar-refractivity contribution in [2.45, 2.75) is 18.9 Å². The maximum absolute atomic E-state index is 11.5. The van der Waals surface area contributed by atoms with Crippen molar-refractivity contribution in [2.75, 3.05) is 24.6 Å². The van der Waals surface area contributed by atoms with Crippen LogP contribution in [0.15, 0.2) is 18.2 Å². The molecule has 114 valence electrons. The molecule has 6 nitrogen and oxygen atoms in total. The Bertz CT molecular complexity index is 542. The van der Waals surface area contributed by atoms with Gasteiger partial charge in [0.2, 0.25) is 0 Å².